The number of nitrogens with zero attached hydrogens (tertiary/aromatic N) is 1. The zero-order valence-electron chi connectivity index (χ0n) is 12.8. The van der Waals surface area contributed by atoms with Crippen molar-refractivity contribution < 1.29 is 9.18 Å². The van der Waals surface area contributed by atoms with Crippen molar-refractivity contribution >= 4 is 18.3 Å². The van der Waals surface area contributed by atoms with Gasteiger partial charge in [-0.15, -0.1) is 12.4 Å². The molecule has 0 bridgehead atoms. The first-order chi connectivity index (χ1) is 10.1. The van der Waals surface area contributed by atoms with Crippen LogP contribution in [0.3, 0.4) is 0 Å². The van der Waals surface area contributed by atoms with Crippen LogP contribution in [0, 0.1) is 5.82 Å². The van der Waals surface area contributed by atoms with E-state index in [1.807, 2.05) is 4.90 Å². The number of carbonyl (C=O) groups excluding carboxylic acids is 1. The summed E-state index contributed by atoms with van der Waals surface area (Å²) in [7, 11) is 0. The van der Waals surface area contributed by atoms with Crippen LogP contribution in [0.4, 0.5) is 4.39 Å². The Hall–Kier alpha value is -1.13. The van der Waals surface area contributed by atoms with E-state index < -0.39 is 5.41 Å². The average Bonchev–Trinajstić information content (AvgIpc) is 2.99. The van der Waals surface area contributed by atoms with Crippen molar-refractivity contribution in [1.82, 2.24) is 4.90 Å². The lowest BCUT2D eigenvalue weighted by atomic mass is 9.77. The molecule has 0 atom stereocenters. The van der Waals surface area contributed by atoms with E-state index in [1.54, 1.807) is 12.1 Å². The van der Waals surface area contributed by atoms with E-state index in [2.05, 4.69) is 0 Å². The zero-order valence-corrected chi connectivity index (χ0v) is 13.6. The fourth-order valence-corrected chi connectivity index (χ4v) is 3.78. The van der Waals surface area contributed by atoms with Crippen molar-refractivity contribution in [3.05, 3.63) is 35.6 Å². The molecule has 3 nitrogen and oxygen atoms in total. The van der Waals surface area contributed by atoms with Gasteiger partial charge in [0.25, 0.3) is 0 Å². The molecule has 1 aliphatic carbocycles. The quantitative estimate of drug-likeness (QED) is 0.908. The number of halogens is 2. The number of rotatable bonds is 2. The third-order valence-electron chi connectivity index (χ3n) is 5.09. The first-order valence-corrected chi connectivity index (χ1v) is 7.93. The van der Waals surface area contributed by atoms with Crippen molar-refractivity contribution in [2.75, 3.05) is 13.1 Å². The third-order valence-corrected chi connectivity index (χ3v) is 5.09. The number of nitrogens with two attached hydrogens (primary N) is 1. The van der Waals surface area contributed by atoms with Gasteiger partial charge in [0.15, 0.2) is 0 Å². The van der Waals surface area contributed by atoms with Crippen LogP contribution in [0.2, 0.25) is 0 Å². The van der Waals surface area contributed by atoms with E-state index in [-0.39, 0.29) is 30.2 Å². The van der Waals surface area contributed by atoms with Crippen molar-refractivity contribution in [2.45, 2.75) is 50.0 Å². The molecule has 3 rings (SSSR count). The van der Waals surface area contributed by atoms with Crippen LogP contribution >= 0.6 is 12.4 Å². The smallest absolute Gasteiger partial charge is 0.233 e. The first-order valence-electron chi connectivity index (χ1n) is 7.93. The number of hydrogen-bond donors (Lipinski definition) is 1. The number of benzene rings is 1. The Kier molecular flexibility index (Phi) is 5.45. The molecule has 1 aromatic carbocycles. The molecule has 0 spiro atoms. The van der Waals surface area contributed by atoms with Gasteiger partial charge in [0, 0.05) is 19.1 Å². The van der Waals surface area contributed by atoms with Gasteiger partial charge in [-0.25, -0.2) is 4.39 Å². The Labute approximate surface area is 137 Å². The van der Waals surface area contributed by atoms with Crippen LogP contribution in [0.25, 0.3) is 0 Å². The molecule has 1 aliphatic heterocycles. The summed E-state index contributed by atoms with van der Waals surface area (Å²) in [6.07, 6.45) is 5.64. The molecule has 22 heavy (non-hydrogen) atoms. The molecule has 2 aliphatic rings. The second kappa shape index (κ2) is 6.97. The Bertz CT molecular complexity index is 506. The van der Waals surface area contributed by atoms with E-state index in [1.165, 1.54) is 12.1 Å². The molecular formula is C17H24ClFN2O. The van der Waals surface area contributed by atoms with Gasteiger partial charge in [-0.3, -0.25) is 4.79 Å². The molecule has 1 amide bonds. The van der Waals surface area contributed by atoms with Crippen molar-refractivity contribution in [3.63, 3.8) is 0 Å². The van der Waals surface area contributed by atoms with Crippen LogP contribution in [0.15, 0.2) is 24.3 Å². The fraction of sp³-hybridized carbons (Fsp3) is 0.588. The maximum Gasteiger partial charge on any atom is 0.233 e. The lowest BCUT2D eigenvalue weighted by Gasteiger charge is -2.38. The fourth-order valence-electron chi connectivity index (χ4n) is 3.78. The van der Waals surface area contributed by atoms with Crippen LogP contribution < -0.4 is 5.73 Å². The van der Waals surface area contributed by atoms with Crippen LogP contribution in [-0.2, 0) is 10.2 Å². The van der Waals surface area contributed by atoms with E-state index in [4.69, 9.17) is 5.73 Å². The van der Waals surface area contributed by atoms with Crippen LogP contribution in [0.1, 0.15) is 44.1 Å². The normalized spacial score (nSPS) is 21.5. The van der Waals surface area contributed by atoms with Gasteiger partial charge in [-0.1, -0.05) is 25.0 Å². The highest BCUT2D eigenvalue weighted by Gasteiger charge is 2.45. The molecule has 1 heterocycles. The Morgan fingerprint density at radius 3 is 2.23 bits per heavy atom. The molecule has 2 fully saturated rings. The second-order valence-electron chi connectivity index (χ2n) is 6.43. The van der Waals surface area contributed by atoms with E-state index in [0.717, 1.165) is 57.2 Å². The Balaban J connectivity index is 0.00000176. The van der Waals surface area contributed by atoms with E-state index >= 15 is 0 Å². The van der Waals surface area contributed by atoms with Gasteiger partial charge < -0.3 is 10.6 Å². The average molecular weight is 327 g/mol. The van der Waals surface area contributed by atoms with Crippen molar-refractivity contribution in [3.8, 4) is 0 Å². The molecule has 1 aromatic rings. The maximum absolute atomic E-state index is 13.2. The van der Waals surface area contributed by atoms with Gasteiger partial charge in [0.2, 0.25) is 5.91 Å². The summed E-state index contributed by atoms with van der Waals surface area (Å²) in [5.74, 6) is -0.0261. The molecular weight excluding hydrogens is 303 g/mol. The van der Waals surface area contributed by atoms with Crippen molar-refractivity contribution in [1.29, 1.82) is 0 Å². The summed E-state index contributed by atoms with van der Waals surface area (Å²) in [5.41, 5.74) is 6.47. The standard InChI is InChI=1S/C17H23FN2O.ClH/c18-14-5-3-13(4-6-14)17(9-1-2-10-17)16(21)20-11-7-15(19)8-12-20;/h3-6,15H,1-2,7-12,19H2;1H. The van der Waals surface area contributed by atoms with Crippen LogP contribution in [-0.4, -0.2) is 29.9 Å². The molecule has 0 radical (unpaired) electrons. The summed E-state index contributed by atoms with van der Waals surface area (Å²) in [6, 6.07) is 6.73. The SMILES string of the molecule is Cl.NC1CCN(C(=O)C2(c3ccc(F)cc3)CCCC2)CC1. The van der Waals surface area contributed by atoms with Crippen molar-refractivity contribution in [2.24, 2.45) is 5.73 Å². The van der Waals surface area contributed by atoms with Gasteiger partial charge in [-0.2, -0.15) is 0 Å². The zero-order chi connectivity index (χ0) is 14.9. The number of piperidine rings is 1. The molecule has 122 valence electrons. The van der Waals surface area contributed by atoms with Gasteiger partial charge in [-0.05, 0) is 43.4 Å². The Morgan fingerprint density at radius 2 is 1.68 bits per heavy atom. The lowest BCUT2D eigenvalue weighted by Crippen LogP contribution is -2.50. The highest BCUT2D eigenvalue weighted by atomic mass is 35.5. The summed E-state index contributed by atoms with van der Waals surface area (Å²) in [4.78, 5) is 15.1. The number of carbonyl (C=O) groups is 1. The van der Waals surface area contributed by atoms with E-state index in [9.17, 15) is 9.18 Å². The summed E-state index contributed by atoms with van der Waals surface area (Å²) in [6.45, 7) is 1.51. The molecule has 2 N–H and O–H groups in total. The third kappa shape index (κ3) is 3.13. The predicted octanol–water partition coefficient (Wildman–Crippen LogP) is 3.01. The maximum atomic E-state index is 13.2. The highest BCUT2D eigenvalue weighted by molar-refractivity contribution is 5.88. The summed E-state index contributed by atoms with van der Waals surface area (Å²) >= 11 is 0. The minimum Gasteiger partial charge on any atom is -0.342 e. The van der Waals surface area contributed by atoms with Gasteiger partial charge >= 0.3 is 0 Å². The summed E-state index contributed by atoms with van der Waals surface area (Å²) < 4.78 is 13.2. The largest absolute Gasteiger partial charge is 0.342 e. The molecule has 0 aromatic heterocycles. The predicted molar refractivity (Wildman–Crippen MR) is 87.6 cm³/mol. The van der Waals surface area contributed by atoms with Gasteiger partial charge in [0.05, 0.1) is 5.41 Å². The number of hydrogen-bond acceptors (Lipinski definition) is 2. The molecule has 0 unspecified atom stereocenters. The Morgan fingerprint density at radius 1 is 1.14 bits per heavy atom. The highest BCUT2D eigenvalue weighted by Crippen LogP contribution is 2.43. The molecule has 1 saturated heterocycles. The van der Waals surface area contributed by atoms with Gasteiger partial charge in [0.1, 0.15) is 5.82 Å². The molecule has 1 saturated carbocycles. The minimum atomic E-state index is -0.435. The lowest BCUT2D eigenvalue weighted by molar-refractivity contribution is -0.138. The minimum absolute atomic E-state index is 0. The van der Waals surface area contributed by atoms with Crippen LogP contribution in [0.5, 0.6) is 0 Å². The molecule has 5 heteroatoms. The van der Waals surface area contributed by atoms with E-state index in [0.29, 0.717) is 0 Å². The second-order valence-corrected chi connectivity index (χ2v) is 6.43. The number of likely N-dealkylation sites (tertiary alicyclic amines) is 1. The summed E-state index contributed by atoms with van der Waals surface area (Å²) in [5, 5.41) is 0. The first kappa shape index (κ1) is 17.2. The topological polar surface area (TPSA) is 46.3 Å². The number of amides is 1. The monoisotopic (exact) mass is 326 g/mol.